The zero-order valence-electron chi connectivity index (χ0n) is 12.6. The quantitative estimate of drug-likeness (QED) is 0.655. The van der Waals surface area contributed by atoms with Crippen LogP contribution in [-0.4, -0.2) is 22.0 Å². The average molecular weight is 278 g/mol. The lowest BCUT2D eigenvalue weighted by molar-refractivity contribution is -0.0985. The number of aromatic nitrogens is 2. The van der Waals surface area contributed by atoms with Gasteiger partial charge in [-0.25, -0.2) is 0 Å². The number of hydrazine groups is 1. The Hall–Kier alpha value is -0.910. The van der Waals surface area contributed by atoms with E-state index in [0.717, 1.165) is 25.1 Å². The SMILES string of the molecule is Cc1cc(C(NN)C2CCOC3(CCCC3)C2)n(C)n1. The third-order valence-electron chi connectivity index (χ3n) is 5.05. The van der Waals surface area contributed by atoms with Crippen molar-refractivity contribution in [2.24, 2.45) is 18.8 Å². The number of aryl methyl sites for hydroxylation is 2. The lowest BCUT2D eigenvalue weighted by Gasteiger charge is -2.41. The van der Waals surface area contributed by atoms with Crippen molar-refractivity contribution in [2.45, 2.75) is 57.1 Å². The van der Waals surface area contributed by atoms with Gasteiger partial charge in [0.05, 0.1) is 23.0 Å². The molecule has 1 aromatic rings. The lowest BCUT2D eigenvalue weighted by atomic mass is 9.80. The Bertz CT molecular complexity index is 464. The van der Waals surface area contributed by atoms with Crippen LogP contribution in [0.1, 0.15) is 56.0 Å². The van der Waals surface area contributed by atoms with Crippen LogP contribution in [-0.2, 0) is 11.8 Å². The van der Waals surface area contributed by atoms with Crippen LogP contribution in [0.15, 0.2) is 6.07 Å². The van der Waals surface area contributed by atoms with Gasteiger partial charge in [-0.1, -0.05) is 12.8 Å². The van der Waals surface area contributed by atoms with Crippen LogP contribution in [0.4, 0.5) is 0 Å². The highest BCUT2D eigenvalue weighted by molar-refractivity contribution is 5.14. The predicted octanol–water partition coefficient (Wildman–Crippen LogP) is 1.97. The fourth-order valence-corrected chi connectivity index (χ4v) is 4.10. The Morgan fingerprint density at radius 2 is 2.25 bits per heavy atom. The highest BCUT2D eigenvalue weighted by Gasteiger charge is 2.42. The second-order valence-corrected chi connectivity index (χ2v) is 6.47. The maximum Gasteiger partial charge on any atom is 0.0686 e. The molecule has 0 radical (unpaired) electrons. The molecule has 5 nitrogen and oxygen atoms in total. The fourth-order valence-electron chi connectivity index (χ4n) is 4.10. The molecule has 1 spiro atoms. The molecule has 1 aliphatic heterocycles. The van der Waals surface area contributed by atoms with Crippen molar-refractivity contribution in [3.8, 4) is 0 Å². The molecule has 0 bridgehead atoms. The van der Waals surface area contributed by atoms with Gasteiger partial charge in [-0.05, 0) is 44.6 Å². The molecule has 2 unspecified atom stereocenters. The van der Waals surface area contributed by atoms with E-state index in [1.54, 1.807) is 0 Å². The Morgan fingerprint density at radius 1 is 1.50 bits per heavy atom. The monoisotopic (exact) mass is 278 g/mol. The van der Waals surface area contributed by atoms with Crippen LogP contribution >= 0.6 is 0 Å². The first kappa shape index (κ1) is 14.0. The lowest BCUT2D eigenvalue weighted by Crippen LogP contribution is -2.44. The molecule has 1 saturated carbocycles. The summed E-state index contributed by atoms with van der Waals surface area (Å²) in [5.74, 6) is 6.40. The van der Waals surface area contributed by atoms with Gasteiger partial charge in [0, 0.05) is 13.7 Å². The van der Waals surface area contributed by atoms with Crippen molar-refractivity contribution in [1.29, 1.82) is 0 Å². The molecule has 0 aromatic carbocycles. The van der Waals surface area contributed by atoms with Gasteiger partial charge in [0.15, 0.2) is 0 Å². The summed E-state index contributed by atoms with van der Waals surface area (Å²) in [4.78, 5) is 0. The maximum atomic E-state index is 6.13. The van der Waals surface area contributed by atoms with Crippen LogP contribution in [0.3, 0.4) is 0 Å². The van der Waals surface area contributed by atoms with E-state index in [1.165, 1.54) is 31.4 Å². The van der Waals surface area contributed by atoms with E-state index in [-0.39, 0.29) is 11.6 Å². The number of rotatable bonds is 3. The molecule has 3 rings (SSSR count). The summed E-state index contributed by atoms with van der Waals surface area (Å²) >= 11 is 0. The van der Waals surface area contributed by atoms with Gasteiger partial charge in [-0.3, -0.25) is 16.0 Å². The van der Waals surface area contributed by atoms with Crippen molar-refractivity contribution in [1.82, 2.24) is 15.2 Å². The number of ether oxygens (including phenoxy) is 1. The molecule has 20 heavy (non-hydrogen) atoms. The zero-order chi connectivity index (χ0) is 14.2. The van der Waals surface area contributed by atoms with E-state index in [4.69, 9.17) is 10.6 Å². The van der Waals surface area contributed by atoms with Crippen molar-refractivity contribution in [3.63, 3.8) is 0 Å². The van der Waals surface area contributed by atoms with Crippen LogP contribution < -0.4 is 11.3 Å². The van der Waals surface area contributed by atoms with E-state index in [0.29, 0.717) is 5.92 Å². The maximum absolute atomic E-state index is 6.13. The van der Waals surface area contributed by atoms with Gasteiger partial charge in [0.25, 0.3) is 0 Å². The van der Waals surface area contributed by atoms with Crippen LogP contribution in [0, 0.1) is 12.8 Å². The normalized spacial score (nSPS) is 27.1. The third-order valence-corrected chi connectivity index (χ3v) is 5.05. The predicted molar refractivity (Wildman–Crippen MR) is 77.9 cm³/mol. The number of nitrogens with two attached hydrogens (primary N) is 1. The second-order valence-electron chi connectivity index (χ2n) is 6.47. The van der Waals surface area contributed by atoms with Crippen molar-refractivity contribution in [2.75, 3.05) is 6.61 Å². The Balaban J connectivity index is 1.80. The third kappa shape index (κ3) is 2.50. The van der Waals surface area contributed by atoms with Crippen molar-refractivity contribution in [3.05, 3.63) is 17.5 Å². The minimum Gasteiger partial charge on any atom is -0.375 e. The first-order valence-electron chi connectivity index (χ1n) is 7.74. The molecule has 112 valence electrons. The first-order chi connectivity index (χ1) is 9.63. The highest BCUT2D eigenvalue weighted by atomic mass is 16.5. The number of nitrogens with zero attached hydrogens (tertiary/aromatic N) is 2. The van der Waals surface area contributed by atoms with Gasteiger partial charge in [0.1, 0.15) is 0 Å². The molecular formula is C15H26N4O. The summed E-state index contributed by atoms with van der Waals surface area (Å²) in [7, 11) is 2.00. The summed E-state index contributed by atoms with van der Waals surface area (Å²) in [6.07, 6.45) is 7.22. The first-order valence-corrected chi connectivity index (χ1v) is 7.74. The van der Waals surface area contributed by atoms with E-state index in [9.17, 15) is 0 Å². The molecule has 1 aliphatic carbocycles. The minimum absolute atomic E-state index is 0.131. The molecule has 5 heteroatoms. The summed E-state index contributed by atoms with van der Waals surface area (Å²) in [5, 5.41) is 4.45. The molecular weight excluding hydrogens is 252 g/mol. The molecule has 2 fully saturated rings. The van der Waals surface area contributed by atoms with E-state index in [2.05, 4.69) is 16.6 Å². The molecule has 0 amide bonds. The van der Waals surface area contributed by atoms with E-state index in [1.807, 2.05) is 18.7 Å². The van der Waals surface area contributed by atoms with Gasteiger partial charge < -0.3 is 4.74 Å². The van der Waals surface area contributed by atoms with E-state index >= 15 is 0 Å². The molecule has 2 atom stereocenters. The highest BCUT2D eigenvalue weighted by Crippen LogP contribution is 2.45. The molecule has 3 N–H and O–H groups in total. The number of hydrogen-bond donors (Lipinski definition) is 2. The van der Waals surface area contributed by atoms with Crippen LogP contribution in [0.25, 0.3) is 0 Å². The number of hydrogen-bond acceptors (Lipinski definition) is 4. The standard InChI is InChI=1S/C15H26N4O/c1-11-9-13(19(2)18-11)14(17-16)12-5-8-20-15(10-12)6-3-4-7-15/h9,12,14,17H,3-8,10,16H2,1-2H3. The smallest absolute Gasteiger partial charge is 0.0686 e. The minimum atomic E-state index is 0.131. The Morgan fingerprint density at radius 3 is 2.85 bits per heavy atom. The molecule has 1 aromatic heterocycles. The molecule has 2 aliphatic rings. The summed E-state index contributed by atoms with van der Waals surface area (Å²) in [5.41, 5.74) is 5.39. The van der Waals surface area contributed by atoms with Crippen molar-refractivity contribution >= 4 is 0 Å². The Kier molecular flexibility index (Phi) is 3.84. The summed E-state index contributed by atoms with van der Waals surface area (Å²) in [6, 6.07) is 2.31. The summed E-state index contributed by atoms with van der Waals surface area (Å²) in [6.45, 7) is 2.89. The largest absolute Gasteiger partial charge is 0.375 e. The summed E-state index contributed by atoms with van der Waals surface area (Å²) < 4.78 is 8.09. The Labute approximate surface area is 120 Å². The molecule has 1 saturated heterocycles. The van der Waals surface area contributed by atoms with Crippen LogP contribution in [0.5, 0.6) is 0 Å². The van der Waals surface area contributed by atoms with Gasteiger partial charge in [-0.15, -0.1) is 0 Å². The average Bonchev–Trinajstić information content (AvgIpc) is 2.99. The van der Waals surface area contributed by atoms with E-state index < -0.39 is 0 Å². The van der Waals surface area contributed by atoms with Gasteiger partial charge in [0.2, 0.25) is 0 Å². The second kappa shape index (κ2) is 5.47. The van der Waals surface area contributed by atoms with Gasteiger partial charge >= 0.3 is 0 Å². The number of nitrogens with one attached hydrogen (secondary N) is 1. The fraction of sp³-hybridized carbons (Fsp3) is 0.800. The zero-order valence-corrected chi connectivity index (χ0v) is 12.6. The van der Waals surface area contributed by atoms with Crippen molar-refractivity contribution < 1.29 is 4.74 Å². The van der Waals surface area contributed by atoms with Crippen LogP contribution in [0.2, 0.25) is 0 Å². The molecule has 2 heterocycles. The van der Waals surface area contributed by atoms with Gasteiger partial charge in [-0.2, -0.15) is 5.10 Å². The topological polar surface area (TPSA) is 65.1 Å².